The molecule has 2 fully saturated rings. The van der Waals surface area contributed by atoms with Crippen molar-refractivity contribution in [1.82, 2.24) is 0 Å². The standard InChI is InChI=1S/C23H44O6/c1-9-23(8,11-13-25-17(4)5)29-19-15-27-20-18(14-26-21(19)20)28-22(6,7)10-12-24-16(2)3/h16-21H,9-15H2,1-8H3. The Morgan fingerprint density at radius 1 is 0.793 bits per heavy atom. The predicted molar refractivity (Wildman–Crippen MR) is 113 cm³/mol. The van der Waals surface area contributed by atoms with E-state index >= 15 is 0 Å². The molecule has 2 saturated heterocycles. The minimum atomic E-state index is -0.285. The van der Waals surface area contributed by atoms with Gasteiger partial charge in [-0.2, -0.15) is 0 Å². The van der Waals surface area contributed by atoms with Gasteiger partial charge in [0.15, 0.2) is 0 Å². The first-order chi connectivity index (χ1) is 13.6. The summed E-state index contributed by atoms with van der Waals surface area (Å²) in [6, 6.07) is 0. The Morgan fingerprint density at radius 2 is 1.28 bits per heavy atom. The van der Waals surface area contributed by atoms with Gasteiger partial charge in [-0.3, -0.25) is 0 Å². The van der Waals surface area contributed by atoms with Crippen molar-refractivity contribution in [3.05, 3.63) is 0 Å². The molecule has 5 unspecified atom stereocenters. The molecule has 6 nitrogen and oxygen atoms in total. The molecule has 0 aliphatic carbocycles. The van der Waals surface area contributed by atoms with Crippen LogP contribution in [0, 0.1) is 0 Å². The second-order valence-corrected chi connectivity index (χ2v) is 9.81. The first-order valence-corrected chi connectivity index (χ1v) is 11.4. The lowest BCUT2D eigenvalue weighted by Gasteiger charge is -2.33. The zero-order chi connectivity index (χ0) is 21.7. The van der Waals surface area contributed by atoms with E-state index in [0.717, 1.165) is 19.3 Å². The van der Waals surface area contributed by atoms with E-state index in [-0.39, 0.29) is 47.8 Å². The van der Waals surface area contributed by atoms with Crippen LogP contribution in [0.15, 0.2) is 0 Å². The molecule has 0 radical (unpaired) electrons. The van der Waals surface area contributed by atoms with Crippen molar-refractivity contribution in [2.75, 3.05) is 26.4 Å². The molecule has 2 heterocycles. The van der Waals surface area contributed by atoms with Gasteiger partial charge in [-0.25, -0.2) is 0 Å². The van der Waals surface area contributed by atoms with Crippen molar-refractivity contribution in [2.45, 2.75) is 122 Å². The smallest absolute Gasteiger partial charge is 0.115 e. The van der Waals surface area contributed by atoms with Crippen LogP contribution in [0.4, 0.5) is 0 Å². The molecule has 0 bridgehead atoms. The number of ether oxygens (including phenoxy) is 6. The van der Waals surface area contributed by atoms with Crippen LogP contribution in [0.25, 0.3) is 0 Å². The molecular weight excluding hydrogens is 372 g/mol. The Kier molecular flexibility index (Phi) is 9.38. The Morgan fingerprint density at radius 3 is 1.76 bits per heavy atom. The molecule has 6 heteroatoms. The maximum Gasteiger partial charge on any atom is 0.115 e. The zero-order valence-corrected chi connectivity index (χ0v) is 19.9. The van der Waals surface area contributed by atoms with Gasteiger partial charge in [-0.15, -0.1) is 0 Å². The summed E-state index contributed by atoms with van der Waals surface area (Å²) in [7, 11) is 0. The third-order valence-electron chi connectivity index (χ3n) is 5.85. The zero-order valence-electron chi connectivity index (χ0n) is 19.9. The second kappa shape index (κ2) is 10.9. The third kappa shape index (κ3) is 7.75. The highest BCUT2D eigenvalue weighted by Gasteiger charge is 2.51. The fourth-order valence-corrected chi connectivity index (χ4v) is 3.84. The molecule has 2 aliphatic rings. The molecule has 2 rings (SSSR count). The molecule has 0 spiro atoms. The summed E-state index contributed by atoms with van der Waals surface area (Å²) >= 11 is 0. The van der Waals surface area contributed by atoms with Crippen LogP contribution in [-0.4, -0.2) is 74.3 Å². The van der Waals surface area contributed by atoms with E-state index in [1.54, 1.807) is 0 Å². The van der Waals surface area contributed by atoms with Crippen molar-refractivity contribution >= 4 is 0 Å². The van der Waals surface area contributed by atoms with Crippen molar-refractivity contribution in [3.8, 4) is 0 Å². The monoisotopic (exact) mass is 416 g/mol. The van der Waals surface area contributed by atoms with Crippen molar-refractivity contribution in [2.24, 2.45) is 0 Å². The topological polar surface area (TPSA) is 55.4 Å². The van der Waals surface area contributed by atoms with Gasteiger partial charge in [0.2, 0.25) is 0 Å². The fourth-order valence-electron chi connectivity index (χ4n) is 3.84. The third-order valence-corrected chi connectivity index (χ3v) is 5.85. The quantitative estimate of drug-likeness (QED) is 0.450. The van der Waals surface area contributed by atoms with Gasteiger partial charge in [0.1, 0.15) is 24.4 Å². The first kappa shape index (κ1) is 25.0. The SMILES string of the molecule is CCC(C)(CCOC(C)C)OC1COC2C(OC(C)(C)CCOC(C)C)COC12. The average Bonchev–Trinajstić information content (AvgIpc) is 3.17. The normalized spacial score (nSPS) is 29.6. The van der Waals surface area contributed by atoms with E-state index in [1.807, 2.05) is 0 Å². The summed E-state index contributed by atoms with van der Waals surface area (Å²) in [4.78, 5) is 0. The van der Waals surface area contributed by atoms with Crippen LogP contribution < -0.4 is 0 Å². The lowest BCUT2D eigenvalue weighted by Crippen LogP contribution is -2.42. The summed E-state index contributed by atoms with van der Waals surface area (Å²) in [6.07, 6.45) is 2.81. The van der Waals surface area contributed by atoms with E-state index in [0.29, 0.717) is 26.4 Å². The Bertz CT molecular complexity index is 480. The highest BCUT2D eigenvalue weighted by atomic mass is 16.7. The van der Waals surface area contributed by atoms with Gasteiger partial charge in [0.25, 0.3) is 0 Å². The maximum atomic E-state index is 6.51. The van der Waals surface area contributed by atoms with Crippen LogP contribution in [-0.2, 0) is 28.4 Å². The van der Waals surface area contributed by atoms with Crippen molar-refractivity contribution < 1.29 is 28.4 Å². The van der Waals surface area contributed by atoms with Gasteiger partial charge in [-0.05, 0) is 67.7 Å². The number of fused-ring (bicyclic) bond motifs is 1. The minimum absolute atomic E-state index is 0.0648. The molecule has 172 valence electrons. The van der Waals surface area contributed by atoms with Gasteiger partial charge < -0.3 is 28.4 Å². The Labute approximate surface area is 177 Å². The second-order valence-electron chi connectivity index (χ2n) is 9.81. The van der Waals surface area contributed by atoms with Crippen LogP contribution >= 0.6 is 0 Å². The van der Waals surface area contributed by atoms with Crippen LogP contribution in [0.3, 0.4) is 0 Å². The molecule has 0 aromatic heterocycles. The Balaban J connectivity index is 1.85. The summed E-state index contributed by atoms with van der Waals surface area (Å²) < 4.78 is 36.5. The van der Waals surface area contributed by atoms with Crippen LogP contribution in [0.2, 0.25) is 0 Å². The highest BCUT2D eigenvalue weighted by molar-refractivity contribution is 4.98. The lowest BCUT2D eigenvalue weighted by molar-refractivity contribution is -0.140. The maximum absolute atomic E-state index is 6.51. The predicted octanol–water partition coefficient (Wildman–Crippen LogP) is 4.13. The van der Waals surface area contributed by atoms with Crippen molar-refractivity contribution in [1.29, 1.82) is 0 Å². The number of hydrogen-bond acceptors (Lipinski definition) is 6. The van der Waals surface area contributed by atoms with Crippen LogP contribution in [0.5, 0.6) is 0 Å². The van der Waals surface area contributed by atoms with E-state index in [2.05, 4.69) is 55.4 Å². The first-order valence-electron chi connectivity index (χ1n) is 11.4. The van der Waals surface area contributed by atoms with Gasteiger partial charge in [0.05, 0.1) is 36.6 Å². The minimum Gasteiger partial charge on any atom is -0.379 e. The van der Waals surface area contributed by atoms with E-state index in [9.17, 15) is 0 Å². The summed E-state index contributed by atoms with van der Waals surface area (Å²) in [5.41, 5.74) is -0.528. The largest absolute Gasteiger partial charge is 0.379 e. The molecule has 0 saturated carbocycles. The molecular formula is C23H44O6. The van der Waals surface area contributed by atoms with Crippen LogP contribution in [0.1, 0.15) is 74.7 Å². The van der Waals surface area contributed by atoms with E-state index in [1.165, 1.54) is 0 Å². The molecule has 2 aliphatic heterocycles. The summed E-state index contributed by atoms with van der Waals surface area (Å²) in [5, 5.41) is 0. The average molecular weight is 417 g/mol. The molecule has 0 N–H and O–H groups in total. The van der Waals surface area contributed by atoms with Gasteiger partial charge >= 0.3 is 0 Å². The molecule has 5 atom stereocenters. The molecule has 0 amide bonds. The fraction of sp³-hybridized carbons (Fsp3) is 1.00. The summed E-state index contributed by atoms with van der Waals surface area (Å²) in [6.45, 7) is 19.2. The lowest BCUT2D eigenvalue weighted by atomic mass is 9.98. The van der Waals surface area contributed by atoms with Gasteiger partial charge in [0, 0.05) is 13.2 Å². The molecule has 0 aromatic carbocycles. The van der Waals surface area contributed by atoms with E-state index in [4.69, 9.17) is 28.4 Å². The van der Waals surface area contributed by atoms with Gasteiger partial charge in [-0.1, -0.05) is 6.92 Å². The van der Waals surface area contributed by atoms with Crippen molar-refractivity contribution in [3.63, 3.8) is 0 Å². The Hall–Kier alpha value is -0.240. The number of rotatable bonds is 13. The number of hydrogen-bond donors (Lipinski definition) is 0. The molecule has 0 aromatic rings. The summed E-state index contributed by atoms with van der Waals surface area (Å²) in [5.74, 6) is 0. The van der Waals surface area contributed by atoms with E-state index < -0.39 is 0 Å². The highest BCUT2D eigenvalue weighted by Crippen LogP contribution is 2.36. The molecule has 29 heavy (non-hydrogen) atoms.